The lowest BCUT2D eigenvalue weighted by Crippen LogP contribution is -2.18. The number of rotatable bonds is 7. The fourth-order valence-corrected chi connectivity index (χ4v) is 2.17. The summed E-state index contributed by atoms with van der Waals surface area (Å²) in [4.78, 5) is 10.1. The van der Waals surface area contributed by atoms with Crippen LogP contribution < -0.4 is 0 Å². The SMILES string of the molecule is CCOP(=O)(OCC)C(F)(F)/C=C/C(=O)O. The predicted octanol–water partition coefficient (Wildman–Crippen LogP) is 2.49. The monoisotopic (exact) mass is 258 g/mol. The highest BCUT2D eigenvalue weighted by Gasteiger charge is 2.51. The van der Waals surface area contributed by atoms with Crippen LogP contribution in [-0.2, 0) is 18.4 Å². The van der Waals surface area contributed by atoms with Crippen molar-refractivity contribution in [1.82, 2.24) is 0 Å². The average molecular weight is 258 g/mol. The zero-order valence-corrected chi connectivity index (χ0v) is 9.75. The minimum atomic E-state index is -4.66. The van der Waals surface area contributed by atoms with Gasteiger partial charge in [0.25, 0.3) is 0 Å². The number of halogens is 2. The van der Waals surface area contributed by atoms with Crippen LogP contribution in [0.4, 0.5) is 8.78 Å². The van der Waals surface area contributed by atoms with Crippen LogP contribution in [0.5, 0.6) is 0 Å². The van der Waals surface area contributed by atoms with E-state index in [0.29, 0.717) is 0 Å². The minimum absolute atomic E-state index is 0.00142. The molecule has 0 bridgehead atoms. The van der Waals surface area contributed by atoms with E-state index in [-0.39, 0.29) is 25.4 Å². The van der Waals surface area contributed by atoms with Gasteiger partial charge in [-0.25, -0.2) is 4.79 Å². The van der Waals surface area contributed by atoms with E-state index >= 15 is 0 Å². The molecule has 16 heavy (non-hydrogen) atoms. The normalized spacial score (nSPS) is 13.2. The summed E-state index contributed by atoms with van der Waals surface area (Å²) in [5.41, 5.74) is -3.96. The molecule has 0 spiro atoms. The molecule has 1 N–H and O–H groups in total. The van der Waals surface area contributed by atoms with Gasteiger partial charge in [0.1, 0.15) is 0 Å². The second kappa shape index (κ2) is 6.08. The Morgan fingerprint density at radius 3 is 2.12 bits per heavy atom. The molecule has 0 aromatic rings. The molecule has 5 nitrogen and oxygen atoms in total. The Labute approximate surface area is 91.6 Å². The summed E-state index contributed by atoms with van der Waals surface area (Å²) in [7, 11) is -4.66. The van der Waals surface area contributed by atoms with Crippen LogP contribution in [0.25, 0.3) is 0 Å². The van der Waals surface area contributed by atoms with Gasteiger partial charge in [0, 0.05) is 12.2 Å². The third kappa shape index (κ3) is 4.00. The number of carboxylic acid groups (broad SMARTS) is 1. The molecule has 0 amide bonds. The van der Waals surface area contributed by atoms with E-state index < -0.39 is 19.2 Å². The van der Waals surface area contributed by atoms with Gasteiger partial charge in [0.15, 0.2) is 0 Å². The van der Waals surface area contributed by atoms with Crippen LogP contribution in [0.1, 0.15) is 13.8 Å². The molecule has 0 aliphatic rings. The molecule has 0 aliphatic heterocycles. The highest BCUT2D eigenvalue weighted by Crippen LogP contribution is 2.62. The molecule has 0 radical (unpaired) electrons. The molecule has 0 atom stereocenters. The summed E-state index contributed by atoms with van der Waals surface area (Å²) in [6.07, 6.45) is 0.201. The number of hydrogen-bond donors (Lipinski definition) is 1. The summed E-state index contributed by atoms with van der Waals surface area (Å²) in [5.74, 6) is -1.57. The minimum Gasteiger partial charge on any atom is -0.478 e. The Morgan fingerprint density at radius 1 is 1.38 bits per heavy atom. The van der Waals surface area contributed by atoms with Gasteiger partial charge in [-0.1, -0.05) is 0 Å². The molecular formula is C8H13F2O5P. The number of hydrogen-bond acceptors (Lipinski definition) is 4. The average Bonchev–Trinajstić information content (AvgIpc) is 2.15. The molecule has 0 saturated heterocycles. The Balaban J connectivity index is 5.03. The summed E-state index contributed by atoms with van der Waals surface area (Å²) < 4.78 is 47.1. The fraction of sp³-hybridized carbons (Fsp3) is 0.625. The maximum atomic E-state index is 13.3. The van der Waals surface area contributed by atoms with E-state index in [1.807, 2.05) is 0 Å². The lowest BCUT2D eigenvalue weighted by atomic mass is 10.5. The summed E-state index contributed by atoms with van der Waals surface area (Å²) in [5, 5.41) is 8.21. The number of aliphatic carboxylic acids is 1. The van der Waals surface area contributed by atoms with Crippen molar-refractivity contribution >= 4 is 13.6 Å². The summed E-state index contributed by atoms with van der Waals surface area (Å²) in [6, 6.07) is 0. The van der Waals surface area contributed by atoms with E-state index in [1.54, 1.807) is 0 Å². The third-order valence-corrected chi connectivity index (χ3v) is 3.47. The maximum absolute atomic E-state index is 13.3. The quantitative estimate of drug-likeness (QED) is 0.561. The van der Waals surface area contributed by atoms with Crippen molar-refractivity contribution in [2.75, 3.05) is 13.2 Å². The molecule has 0 rings (SSSR count). The zero-order valence-electron chi connectivity index (χ0n) is 8.85. The predicted molar refractivity (Wildman–Crippen MR) is 52.6 cm³/mol. The van der Waals surface area contributed by atoms with Crippen molar-refractivity contribution in [2.24, 2.45) is 0 Å². The van der Waals surface area contributed by atoms with Gasteiger partial charge in [-0.3, -0.25) is 4.57 Å². The first kappa shape index (κ1) is 15.2. The Kier molecular flexibility index (Phi) is 5.78. The first-order chi connectivity index (χ1) is 7.29. The molecule has 0 unspecified atom stereocenters. The topological polar surface area (TPSA) is 72.8 Å². The molecule has 0 aliphatic carbocycles. The molecule has 0 aromatic heterocycles. The fourth-order valence-electron chi connectivity index (χ4n) is 0.812. The molecule has 0 heterocycles. The Hall–Kier alpha value is -0.780. The smallest absolute Gasteiger partial charge is 0.403 e. The molecular weight excluding hydrogens is 245 g/mol. The van der Waals surface area contributed by atoms with Crippen LogP contribution in [0.2, 0.25) is 0 Å². The van der Waals surface area contributed by atoms with Crippen molar-refractivity contribution < 1.29 is 32.3 Å². The zero-order chi connectivity index (χ0) is 12.8. The third-order valence-electron chi connectivity index (χ3n) is 1.39. The van der Waals surface area contributed by atoms with Gasteiger partial charge in [-0.15, -0.1) is 0 Å². The second-order valence-corrected chi connectivity index (χ2v) is 4.70. The van der Waals surface area contributed by atoms with Crippen molar-refractivity contribution in [3.8, 4) is 0 Å². The van der Waals surface area contributed by atoms with Gasteiger partial charge >= 0.3 is 19.2 Å². The standard InChI is InChI=1S/C8H13F2O5P/c1-3-14-16(13,15-4-2)8(9,10)6-5-7(11)12/h5-6H,3-4H2,1-2H3,(H,11,12)/b6-5+. The van der Waals surface area contributed by atoms with Gasteiger partial charge in [-0.05, 0) is 13.8 Å². The molecule has 0 saturated carbocycles. The van der Waals surface area contributed by atoms with Gasteiger partial charge < -0.3 is 14.2 Å². The number of allylic oxidation sites excluding steroid dienone is 1. The van der Waals surface area contributed by atoms with Crippen LogP contribution in [0.15, 0.2) is 12.2 Å². The molecule has 94 valence electrons. The van der Waals surface area contributed by atoms with Crippen LogP contribution in [0, 0.1) is 0 Å². The molecule has 8 heteroatoms. The van der Waals surface area contributed by atoms with E-state index in [0.717, 1.165) is 0 Å². The van der Waals surface area contributed by atoms with E-state index in [2.05, 4.69) is 9.05 Å². The van der Waals surface area contributed by atoms with Crippen LogP contribution >= 0.6 is 7.60 Å². The van der Waals surface area contributed by atoms with Gasteiger partial charge in [0.05, 0.1) is 13.2 Å². The largest absolute Gasteiger partial charge is 0.478 e. The first-order valence-corrected chi connectivity index (χ1v) is 6.02. The van der Waals surface area contributed by atoms with Crippen molar-refractivity contribution in [3.05, 3.63) is 12.2 Å². The second-order valence-electron chi connectivity index (χ2n) is 2.59. The first-order valence-electron chi connectivity index (χ1n) is 4.48. The Bertz CT molecular complexity index is 306. The maximum Gasteiger partial charge on any atom is 0.403 e. The van der Waals surface area contributed by atoms with Crippen molar-refractivity contribution in [3.63, 3.8) is 0 Å². The van der Waals surface area contributed by atoms with E-state index in [1.165, 1.54) is 13.8 Å². The van der Waals surface area contributed by atoms with Gasteiger partial charge in [-0.2, -0.15) is 8.78 Å². The van der Waals surface area contributed by atoms with Crippen LogP contribution in [0.3, 0.4) is 0 Å². The lowest BCUT2D eigenvalue weighted by Gasteiger charge is -2.22. The number of carbonyl (C=O) groups is 1. The summed E-state index contributed by atoms with van der Waals surface area (Å²) in [6.45, 7) is 2.30. The Morgan fingerprint density at radius 2 is 1.81 bits per heavy atom. The van der Waals surface area contributed by atoms with Crippen molar-refractivity contribution in [2.45, 2.75) is 19.5 Å². The summed E-state index contributed by atoms with van der Waals surface area (Å²) >= 11 is 0. The number of alkyl halides is 2. The number of carboxylic acids is 1. The highest BCUT2D eigenvalue weighted by atomic mass is 31.2. The van der Waals surface area contributed by atoms with E-state index in [4.69, 9.17) is 5.11 Å². The molecule has 0 aromatic carbocycles. The van der Waals surface area contributed by atoms with E-state index in [9.17, 15) is 18.1 Å². The van der Waals surface area contributed by atoms with Crippen LogP contribution in [-0.4, -0.2) is 30.0 Å². The highest BCUT2D eigenvalue weighted by molar-refractivity contribution is 7.55. The molecule has 0 fully saturated rings. The van der Waals surface area contributed by atoms with Crippen molar-refractivity contribution in [1.29, 1.82) is 0 Å². The van der Waals surface area contributed by atoms with Gasteiger partial charge in [0.2, 0.25) is 0 Å². The lowest BCUT2D eigenvalue weighted by molar-refractivity contribution is -0.131.